The zero-order valence-corrected chi connectivity index (χ0v) is 10.6. The number of nitrogens with one attached hydrogen (secondary N) is 1. The molecule has 2 N–H and O–H groups in total. The van der Waals surface area contributed by atoms with Crippen LogP contribution in [0.1, 0.15) is 28.7 Å². The van der Waals surface area contributed by atoms with Gasteiger partial charge >= 0.3 is 0 Å². The van der Waals surface area contributed by atoms with Crippen LogP contribution in [0.15, 0.2) is 18.3 Å². The lowest BCUT2D eigenvalue weighted by molar-refractivity contribution is 0.0938. The van der Waals surface area contributed by atoms with Crippen LogP contribution in [0.4, 0.5) is 0 Å². The maximum Gasteiger partial charge on any atom is 0.270 e. The van der Waals surface area contributed by atoms with E-state index in [0.717, 1.165) is 16.9 Å². The summed E-state index contributed by atoms with van der Waals surface area (Å²) >= 11 is 0. The number of rotatable bonds is 4. The van der Waals surface area contributed by atoms with Gasteiger partial charge in [0.25, 0.3) is 5.91 Å². The number of hydrogen-bond acceptors (Lipinski definition) is 3. The average molecular weight is 247 g/mol. The fraction of sp³-hybridized carbons (Fsp3) is 0.385. The van der Waals surface area contributed by atoms with Gasteiger partial charge in [0.1, 0.15) is 11.3 Å². The summed E-state index contributed by atoms with van der Waals surface area (Å²) in [5, 5.41) is 11.4. The first-order chi connectivity index (χ1) is 8.67. The van der Waals surface area contributed by atoms with E-state index in [-0.39, 0.29) is 19.1 Å². The summed E-state index contributed by atoms with van der Waals surface area (Å²) in [6.07, 6.45) is 2.60. The molecule has 0 aliphatic rings. The quantitative estimate of drug-likeness (QED) is 0.844. The first kappa shape index (κ1) is 12.6. The molecule has 0 aliphatic carbocycles. The monoisotopic (exact) mass is 247 g/mol. The van der Waals surface area contributed by atoms with Crippen molar-refractivity contribution in [2.24, 2.45) is 0 Å². The van der Waals surface area contributed by atoms with E-state index in [9.17, 15) is 4.79 Å². The van der Waals surface area contributed by atoms with Crippen LogP contribution in [-0.2, 0) is 6.42 Å². The summed E-state index contributed by atoms with van der Waals surface area (Å²) in [4.78, 5) is 16.5. The van der Waals surface area contributed by atoms with Gasteiger partial charge < -0.3 is 10.4 Å². The summed E-state index contributed by atoms with van der Waals surface area (Å²) in [6, 6.07) is 3.87. The number of aliphatic hydroxyl groups excluding tert-OH is 1. The predicted octanol–water partition coefficient (Wildman–Crippen LogP) is 0.927. The van der Waals surface area contributed by atoms with Crippen LogP contribution in [0.2, 0.25) is 0 Å². The molecule has 0 aromatic carbocycles. The minimum absolute atomic E-state index is 0.0665. The molecule has 2 aromatic rings. The standard InChI is InChI=1S/C13H17N3O2/c1-3-10-12(13(18)14-6-7-17)16-8-9(2)4-5-11(16)15-10/h4-5,8,17H,3,6-7H2,1-2H3,(H,14,18). The number of aryl methyl sites for hydroxylation is 2. The van der Waals surface area contributed by atoms with Gasteiger partial charge in [-0.2, -0.15) is 0 Å². The number of imidazole rings is 1. The van der Waals surface area contributed by atoms with Crippen molar-refractivity contribution in [3.63, 3.8) is 0 Å². The molecule has 0 bridgehead atoms. The highest BCUT2D eigenvalue weighted by molar-refractivity contribution is 5.94. The third-order valence-corrected chi connectivity index (χ3v) is 2.79. The third kappa shape index (κ3) is 2.22. The van der Waals surface area contributed by atoms with Crippen molar-refractivity contribution in [3.8, 4) is 0 Å². The number of hydrogen-bond donors (Lipinski definition) is 2. The van der Waals surface area contributed by atoms with E-state index in [1.165, 1.54) is 0 Å². The second kappa shape index (κ2) is 5.18. The molecule has 5 heteroatoms. The second-order valence-electron chi connectivity index (χ2n) is 4.17. The summed E-state index contributed by atoms with van der Waals surface area (Å²) in [7, 11) is 0. The fourth-order valence-electron chi connectivity index (χ4n) is 1.94. The maximum atomic E-state index is 12.1. The lowest BCUT2D eigenvalue weighted by Gasteiger charge is -2.05. The minimum Gasteiger partial charge on any atom is -0.395 e. The van der Waals surface area contributed by atoms with E-state index in [1.54, 1.807) is 4.40 Å². The molecule has 96 valence electrons. The molecule has 2 rings (SSSR count). The molecule has 2 aromatic heterocycles. The van der Waals surface area contributed by atoms with Gasteiger partial charge in [-0.1, -0.05) is 13.0 Å². The lowest BCUT2D eigenvalue weighted by Crippen LogP contribution is -2.28. The normalized spacial score (nSPS) is 10.8. The van der Waals surface area contributed by atoms with Crippen molar-refractivity contribution in [1.29, 1.82) is 0 Å². The Balaban J connectivity index is 2.51. The van der Waals surface area contributed by atoms with Crippen molar-refractivity contribution in [2.45, 2.75) is 20.3 Å². The van der Waals surface area contributed by atoms with Crippen molar-refractivity contribution in [2.75, 3.05) is 13.2 Å². The summed E-state index contributed by atoms with van der Waals surface area (Å²) in [5.41, 5.74) is 3.17. The zero-order chi connectivity index (χ0) is 13.1. The number of aliphatic hydroxyl groups is 1. The number of nitrogens with zero attached hydrogens (tertiary/aromatic N) is 2. The van der Waals surface area contributed by atoms with Gasteiger partial charge in [-0.25, -0.2) is 4.98 Å². The second-order valence-corrected chi connectivity index (χ2v) is 4.17. The molecule has 0 atom stereocenters. The smallest absolute Gasteiger partial charge is 0.270 e. The average Bonchev–Trinajstić information content (AvgIpc) is 2.73. The molecule has 0 saturated carbocycles. The molecular formula is C13H17N3O2. The third-order valence-electron chi connectivity index (χ3n) is 2.79. The van der Waals surface area contributed by atoms with Crippen LogP contribution in [0.5, 0.6) is 0 Å². The number of fused-ring (bicyclic) bond motifs is 1. The van der Waals surface area contributed by atoms with Crippen LogP contribution < -0.4 is 5.32 Å². The molecule has 1 amide bonds. The number of aromatic nitrogens is 2. The Morgan fingerprint density at radius 2 is 2.28 bits per heavy atom. The van der Waals surface area contributed by atoms with Crippen LogP contribution in [0.25, 0.3) is 5.65 Å². The first-order valence-corrected chi connectivity index (χ1v) is 6.04. The van der Waals surface area contributed by atoms with Gasteiger partial charge in [-0.05, 0) is 25.0 Å². The van der Waals surface area contributed by atoms with Gasteiger partial charge in [0, 0.05) is 12.7 Å². The van der Waals surface area contributed by atoms with Gasteiger partial charge in [-0.3, -0.25) is 9.20 Å². The van der Waals surface area contributed by atoms with Crippen molar-refractivity contribution < 1.29 is 9.90 Å². The molecule has 2 heterocycles. The van der Waals surface area contributed by atoms with E-state index in [4.69, 9.17) is 5.11 Å². The molecule has 0 aliphatic heterocycles. The Bertz CT molecular complexity index is 575. The van der Waals surface area contributed by atoms with E-state index in [2.05, 4.69) is 10.3 Å². The van der Waals surface area contributed by atoms with Crippen LogP contribution in [-0.4, -0.2) is 33.6 Å². The van der Waals surface area contributed by atoms with Gasteiger partial charge in [-0.15, -0.1) is 0 Å². The SMILES string of the molecule is CCc1nc2ccc(C)cn2c1C(=O)NCCO. The molecule has 5 nitrogen and oxygen atoms in total. The number of carbonyl (C=O) groups is 1. The van der Waals surface area contributed by atoms with Crippen molar-refractivity contribution >= 4 is 11.6 Å². The Hall–Kier alpha value is -1.88. The van der Waals surface area contributed by atoms with Gasteiger partial charge in [0.05, 0.1) is 12.3 Å². The summed E-state index contributed by atoms with van der Waals surface area (Å²) < 4.78 is 1.81. The highest BCUT2D eigenvalue weighted by Crippen LogP contribution is 2.14. The largest absolute Gasteiger partial charge is 0.395 e. The molecule has 0 fully saturated rings. The topological polar surface area (TPSA) is 66.6 Å². The van der Waals surface area contributed by atoms with Crippen molar-refractivity contribution in [3.05, 3.63) is 35.3 Å². The Labute approximate surface area is 105 Å². The predicted molar refractivity (Wildman–Crippen MR) is 68.7 cm³/mol. The fourth-order valence-corrected chi connectivity index (χ4v) is 1.94. The van der Waals surface area contributed by atoms with E-state index < -0.39 is 0 Å². The Kier molecular flexibility index (Phi) is 3.62. The highest BCUT2D eigenvalue weighted by Gasteiger charge is 2.17. The Morgan fingerprint density at radius 1 is 1.50 bits per heavy atom. The summed E-state index contributed by atoms with van der Waals surface area (Å²) in [6.45, 7) is 4.13. The van der Waals surface area contributed by atoms with E-state index in [0.29, 0.717) is 12.1 Å². The molecule has 0 spiro atoms. The number of amides is 1. The Morgan fingerprint density at radius 3 is 2.94 bits per heavy atom. The van der Waals surface area contributed by atoms with Gasteiger partial charge in [0.15, 0.2) is 0 Å². The van der Waals surface area contributed by atoms with E-state index in [1.807, 2.05) is 32.2 Å². The number of carbonyl (C=O) groups excluding carboxylic acids is 1. The van der Waals surface area contributed by atoms with Crippen LogP contribution >= 0.6 is 0 Å². The maximum absolute atomic E-state index is 12.1. The summed E-state index contributed by atoms with van der Waals surface area (Å²) in [5.74, 6) is -0.195. The molecular weight excluding hydrogens is 230 g/mol. The zero-order valence-electron chi connectivity index (χ0n) is 10.6. The van der Waals surface area contributed by atoms with Crippen LogP contribution in [0.3, 0.4) is 0 Å². The van der Waals surface area contributed by atoms with Crippen LogP contribution in [0, 0.1) is 6.92 Å². The van der Waals surface area contributed by atoms with Crippen molar-refractivity contribution in [1.82, 2.24) is 14.7 Å². The van der Waals surface area contributed by atoms with E-state index >= 15 is 0 Å². The van der Waals surface area contributed by atoms with Gasteiger partial charge in [0.2, 0.25) is 0 Å². The molecule has 0 saturated heterocycles. The first-order valence-electron chi connectivity index (χ1n) is 6.04. The molecule has 0 unspecified atom stereocenters. The lowest BCUT2D eigenvalue weighted by atomic mass is 10.2. The molecule has 18 heavy (non-hydrogen) atoms. The highest BCUT2D eigenvalue weighted by atomic mass is 16.3. The minimum atomic E-state index is -0.195. The molecule has 0 radical (unpaired) electrons. The number of pyridine rings is 1.